The Morgan fingerprint density at radius 3 is 1.90 bits per heavy atom. The maximum Gasteiger partial charge on any atom is 0.201 e. The minimum absolute atomic E-state index is 0.0652. The van der Waals surface area contributed by atoms with Crippen molar-refractivity contribution in [2.75, 3.05) is 0 Å². The molecule has 3 aromatic rings. The largest absolute Gasteiger partial charge is 0.452 e. The summed E-state index contributed by atoms with van der Waals surface area (Å²) in [6.45, 7) is 5.02. The molecule has 0 amide bonds. The highest BCUT2D eigenvalue weighted by Crippen LogP contribution is 2.32. The minimum Gasteiger partial charge on any atom is -0.452 e. The molecule has 0 bridgehead atoms. The maximum atomic E-state index is 13.3. The van der Waals surface area contributed by atoms with Gasteiger partial charge in [0.2, 0.25) is 5.43 Å². The highest BCUT2D eigenvalue weighted by Gasteiger charge is 2.27. The zero-order valence-electron chi connectivity index (χ0n) is 16.4. The molecule has 0 atom stereocenters. The normalized spacial score (nSPS) is 10.8. The van der Waals surface area contributed by atoms with E-state index in [0.717, 1.165) is 0 Å². The third-order valence-electron chi connectivity index (χ3n) is 4.68. The van der Waals surface area contributed by atoms with Crippen LogP contribution in [0.4, 0.5) is 0 Å². The van der Waals surface area contributed by atoms with Crippen LogP contribution in [0.1, 0.15) is 69.3 Å². The fourth-order valence-electron chi connectivity index (χ4n) is 3.47. The number of carbonyl (C=O) groups is 4. The standard InChI is InChI=1S/C23H18O6/c1-11(24)15-9-10-17(20(13(3)26)19(15)12(2)25)21-22(28)16-7-5-6-8-18(16)29-23(21)14(4)27/h5-10H,1-4H3. The molecule has 6 nitrogen and oxygen atoms in total. The Hall–Kier alpha value is -3.67. The number of Topliss-reactive ketones (excluding diaryl/α,β-unsaturated/α-hetero) is 4. The predicted molar refractivity (Wildman–Crippen MR) is 108 cm³/mol. The van der Waals surface area contributed by atoms with E-state index >= 15 is 0 Å². The fourth-order valence-corrected chi connectivity index (χ4v) is 3.47. The fraction of sp³-hybridized carbons (Fsp3) is 0.174. The van der Waals surface area contributed by atoms with Gasteiger partial charge in [-0.3, -0.25) is 24.0 Å². The lowest BCUT2D eigenvalue weighted by molar-refractivity contribution is 0.0967. The Morgan fingerprint density at radius 1 is 0.724 bits per heavy atom. The van der Waals surface area contributed by atoms with Gasteiger partial charge in [0.25, 0.3) is 0 Å². The Balaban J connectivity index is 2.57. The number of carbonyl (C=O) groups excluding carboxylic acids is 4. The van der Waals surface area contributed by atoms with Crippen LogP contribution in [0.25, 0.3) is 22.1 Å². The topological polar surface area (TPSA) is 98.5 Å². The highest BCUT2D eigenvalue weighted by atomic mass is 16.3. The molecule has 2 aromatic carbocycles. The zero-order valence-corrected chi connectivity index (χ0v) is 16.4. The van der Waals surface area contributed by atoms with Crippen LogP contribution in [0.5, 0.6) is 0 Å². The van der Waals surface area contributed by atoms with E-state index in [0.29, 0.717) is 0 Å². The number of fused-ring (bicyclic) bond motifs is 1. The van der Waals surface area contributed by atoms with Crippen LogP contribution in [-0.4, -0.2) is 23.1 Å². The molecule has 1 aromatic heterocycles. The first-order chi connectivity index (χ1) is 13.6. The number of hydrogen-bond donors (Lipinski definition) is 0. The average Bonchev–Trinajstić information content (AvgIpc) is 2.66. The summed E-state index contributed by atoms with van der Waals surface area (Å²) >= 11 is 0. The Morgan fingerprint density at radius 2 is 1.34 bits per heavy atom. The van der Waals surface area contributed by atoms with E-state index in [4.69, 9.17) is 4.42 Å². The molecule has 6 heteroatoms. The molecular weight excluding hydrogens is 372 g/mol. The van der Waals surface area contributed by atoms with E-state index in [9.17, 15) is 24.0 Å². The second kappa shape index (κ2) is 7.39. The molecule has 29 heavy (non-hydrogen) atoms. The van der Waals surface area contributed by atoms with Crippen molar-refractivity contribution in [3.05, 3.63) is 69.1 Å². The van der Waals surface area contributed by atoms with Crippen molar-refractivity contribution in [1.29, 1.82) is 0 Å². The van der Waals surface area contributed by atoms with Gasteiger partial charge in [-0.2, -0.15) is 0 Å². The van der Waals surface area contributed by atoms with Crippen molar-refractivity contribution >= 4 is 34.1 Å². The van der Waals surface area contributed by atoms with Crippen LogP contribution >= 0.6 is 0 Å². The number of benzene rings is 2. The highest BCUT2D eigenvalue weighted by molar-refractivity contribution is 6.18. The number of rotatable bonds is 5. The third kappa shape index (κ3) is 3.33. The van der Waals surface area contributed by atoms with Crippen LogP contribution in [0, 0.1) is 0 Å². The van der Waals surface area contributed by atoms with Crippen molar-refractivity contribution in [3.63, 3.8) is 0 Å². The molecule has 0 radical (unpaired) electrons. The second-order valence-corrected chi connectivity index (χ2v) is 6.77. The lowest BCUT2D eigenvalue weighted by atomic mass is 9.86. The molecule has 1 heterocycles. The molecule has 0 aliphatic heterocycles. The summed E-state index contributed by atoms with van der Waals surface area (Å²) in [6.07, 6.45) is 0. The van der Waals surface area contributed by atoms with Gasteiger partial charge in [-0.15, -0.1) is 0 Å². The monoisotopic (exact) mass is 390 g/mol. The Kier molecular flexibility index (Phi) is 5.12. The summed E-state index contributed by atoms with van der Waals surface area (Å²) in [5.74, 6) is -2.09. The quantitative estimate of drug-likeness (QED) is 0.603. The molecular formula is C23H18O6. The molecule has 0 N–H and O–H groups in total. The predicted octanol–water partition coefficient (Wildman–Crippen LogP) is 4.27. The third-order valence-corrected chi connectivity index (χ3v) is 4.68. The molecule has 3 rings (SSSR count). The van der Waals surface area contributed by atoms with E-state index in [2.05, 4.69) is 0 Å². The maximum absolute atomic E-state index is 13.3. The zero-order chi connectivity index (χ0) is 21.5. The summed E-state index contributed by atoms with van der Waals surface area (Å²) in [5, 5.41) is 0.238. The van der Waals surface area contributed by atoms with Gasteiger partial charge in [0.1, 0.15) is 5.58 Å². The van der Waals surface area contributed by atoms with Crippen molar-refractivity contribution < 1.29 is 23.6 Å². The van der Waals surface area contributed by atoms with Gasteiger partial charge in [0, 0.05) is 29.2 Å². The van der Waals surface area contributed by atoms with Gasteiger partial charge >= 0.3 is 0 Å². The first-order valence-electron chi connectivity index (χ1n) is 8.92. The Bertz CT molecular complexity index is 1280. The van der Waals surface area contributed by atoms with Gasteiger partial charge in [-0.05, 0) is 32.9 Å². The van der Waals surface area contributed by atoms with Crippen molar-refractivity contribution in [2.24, 2.45) is 0 Å². The van der Waals surface area contributed by atoms with E-state index in [1.54, 1.807) is 24.3 Å². The van der Waals surface area contributed by atoms with Gasteiger partial charge < -0.3 is 4.42 Å². The molecule has 0 saturated heterocycles. The molecule has 0 saturated carbocycles. The molecule has 0 spiro atoms. The minimum atomic E-state index is -0.504. The molecule has 0 unspecified atom stereocenters. The summed E-state index contributed by atoms with van der Waals surface area (Å²) in [5.41, 5.74) is -0.315. The number of para-hydroxylation sites is 1. The van der Waals surface area contributed by atoms with Crippen LogP contribution < -0.4 is 5.43 Å². The van der Waals surface area contributed by atoms with Gasteiger partial charge in [0.05, 0.1) is 10.9 Å². The molecule has 0 aliphatic rings. The second-order valence-electron chi connectivity index (χ2n) is 6.77. The SMILES string of the molecule is CC(=O)c1ccc(-c2c(C(C)=O)oc3ccccc3c2=O)c(C(C)=O)c1C(C)=O. The molecule has 0 aliphatic carbocycles. The van der Waals surface area contributed by atoms with Crippen molar-refractivity contribution in [3.8, 4) is 11.1 Å². The summed E-state index contributed by atoms with van der Waals surface area (Å²) in [6, 6.07) is 9.25. The smallest absolute Gasteiger partial charge is 0.201 e. The lowest BCUT2D eigenvalue weighted by Crippen LogP contribution is -2.17. The number of hydrogen-bond acceptors (Lipinski definition) is 6. The lowest BCUT2D eigenvalue weighted by Gasteiger charge is -2.16. The van der Waals surface area contributed by atoms with E-state index in [-0.39, 0.29) is 50.3 Å². The van der Waals surface area contributed by atoms with Crippen LogP contribution in [0.2, 0.25) is 0 Å². The van der Waals surface area contributed by atoms with Crippen LogP contribution in [0.15, 0.2) is 45.6 Å². The van der Waals surface area contributed by atoms with Crippen molar-refractivity contribution in [2.45, 2.75) is 27.7 Å². The van der Waals surface area contributed by atoms with Crippen LogP contribution in [-0.2, 0) is 0 Å². The average molecular weight is 390 g/mol. The number of ketones is 4. The van der Waals surface area contributed by atoms with E-state index in [1.807, 2.05) is 0 Å². The van der Waals surface area contributed by atoms with Gasteiger partial charge in [-0.25, -0.2) is 0 Å². The van der Waals surface area contributed by atoms with Crippen LogP contribution in [0.3, 0.4) is 0 Å². The van der Waals surface area contributed by atoms with Gasteiger partial charge in [0.15, 0.2) is 28.9 Å². The summed E-state index contributed by atoms with van der Waals surface area (Å²) in [7, 11) is 0. The molecule has 146 valence electrons. The first-order valence-corrected chi connectivity index (χ1v) is 8.92. The molecule has 0 fully saturated rings. The van der Waals surface area contributed by atoms with Gasteiger partial charge in [-0.1, -0.05) is 24.3 Å². The summed E-state index contributed by atoms with van der Waals surface area (Å²) in [4.78, 5) is 62.4. The van der Waals surface area contributed by atoms with Crippen molar-refractivity contribution in [1.82, 2.24) is 0 Å². The Labute approximate surface area is 166 Å². The van der Waals surface area contributed by atoms with E-state index in [1.165, 1.54) is 39.8 Å². The van der Waals surface area contributed by atoms with E-state index < -0.39 is 22.8 Å². The summed E-state index contributed by atoms with van der Waals surface area (Å²) < 4.78 is 5.69. The first kappa shape index (κ1) is 20.1.